The number of aryl methyl sites for hydroxylation is 1. The van der Waals surface area contributed by atoms with Crippen LogP contribution in [-0.2, 0) is 23.9 Å². The zero-order valence-electron chi connectivity index (χ0n) is 20.8. The van der Waals surface area contributed by atoms with Gasteiger partial charge in [0.05, 0.1) is 30.2 Å². The number of anilines is 4. The summed E-state index contributed by atoms with van der Waals surface area (Å²) in [5.41, 5.74) is 8.80. The summed E-state index contributed by atoms with van der Waals surface area (Å²) in [7, 11) is 0. The average Bonchev–Trinajstić information content (AvgIpc) is 3.25. The molecule has 0 saturated carbocycles. The van der Waals surface area contributed by atoms with Crippen LogP contribution in [0.2, 0.25) is 0 Å². The molecule has 0 fully saturated rings. The first kappa shape index (κ1) is 28.9. The van der Waals surface area contributed by atoms with E-state index in [1.807, 2.05) is 11.8 Å². The Morgan fingerprint density at radius 2 is 1.76 bits per heavy atom. The SMILES string of the molecule is C=CC(=O)OCCN(CCOC(=O)C=C)c1ccc(NNc2snc(C)c2C#N)c(NC(=O)CCC)c1. The minimum atomic E-state index is -0.550. The van der Waals surface area contributed by atoms with Gasteiger partial charge < -0.3 is 19.7 Å². The van der Waals surface area contributed by atoms with Crippen LogP contribution in [0.5, 0.6) is 0 Å². The van der Waals surface area contributed by atoms with E-state index in [-0.39, 0.29) is 19.1 Å². The summed E-state index contributed by atoms with van der Waals surface area (Å²) in [6, 6.07) is 7.42. The van der Waals surface area contributed by atoms with Crippen molar-refractivity contribution in [2.75, 3.05) is 47.4 Å². The zero-order chi connectivity index (χ0) is 27.2. The lowest BCUT2D eigenvalue weighted by Crippen LogP contribution is -2.32. The van der Waals surface area contributed by atoms with E-state index in [1.165, 1.54) is 0 Å². The summed E-state index contributed by atoms with van der Waals surface area (Å²) >= 11 is 1.14. The number of rotatable bonds is 15. The molecular formula is C25H30N6O5S. The molecule has 0 bridgehead atoms. The molecule has 0 aliphatic heterocycles. The number of nitrogens with zero attached hydrogens (tertiary/aromatic N) is 3. The van der Waals surface area contributed by atoms with E-state index in [0.29, 0.717) is 59.3 Å². The lowest BCUT2D eigenvalue weighted by atomic mass is 10.2. The molecule has 1 amide bonds. The standard InChI is InChI=1S/C25H30N6O5S/c1-5-8-22(32)27-21-15-18(9-10-20(21)28-29-25-19(16-26)17(4)30-37-25)31(11-13-35-23(33)6-2)12-14-36-24(34)7-3/h6-7,9-10,15,28-29H,2-3,5,8,11-14H2,1,4H3,(H,27,32). The Morgan fingerprint density at radius 3 is 2.32 bits per heavy atom. The second-order valence-electron chi connectivity index (χ2n) is 7.59. The van der Waals surface area contributed by atoms with Gasteiger partial charge in [-0.1, -0.05) is 20.1 Å². The maximum atomic E-state index is 12.4. The van der Waals surface area contributed by atoms with E-state index in [1.54, 1.807) is 25.1 Å². The van der Waals surface area contributed by atoms with Crippen LogP contribution < -0.4 is 21.1 Å². The summed E-state index contributed by atoms with van der Waals surface area (Å²) in [6.45, 7) is 11.1. The number of carbonyl (C=O) groups excluding carboxylic acids is 3. The van der Waals surface area contributed by atoms with Crippen molar-refractivity contribution in [3.8, 4) is 6.07 Å². The molecule has 12 heteroatoms. The van der Waals surface area contributed by atoms with Gasteiger partial charge in [-0.15, -0.1) is 0 Å². The van der Waals surface area contributed by atoms with Crippen molar-refractivity contribution in [1.82, 2.24) is 4.37 Å². The lowest BCUT2D eigenvalue weighted by molar-refractivity contribution is -0.137. The van der Waals surface area contributed by atoms with Crippen LogP contribution in [0.1, 0.15) is 31.0 Å². The highest BCUT2D eigenvalue weighted by Crippen LogP contribution is 2.30. The van der Waals surface area contributed by atoms with E-state index < -0.39 is 11.9 Å². The predicted molar refractivity (Wildman–Crippen MR) is 143 cm³/mol. The molecule has 11 nitrogen and oxygen atoms in total. The average molecular weight is 527 g/mol. The molecule has 0 spiro atoms. The Balaban J connectivity index is 2.30. The number of carbonyl (C=O) groups is 3. The molecule has 2 rings (SSSR count). The Kier molecular flexibility index (Phi) is 11.6. The molecule has 0 aliphatic carbocycles. The van der Waals surface area contributed by atoms with Gasteiger partial charge >= 0.3 is 11.9 Å². The Bertz CT molecular complexity index is 1150. The molecule has 2 aromatic rings. The third-order valence-electron chi connectivity index (χ3n) is 4.95. The summed E-state index contributed by atoms with van der Waals surface area (Å²) in [5, 5.41) is 12.8. The molecule has 1 aromatic heterocycles. The van der Waals surface area contributed by atoms with E-state index in [0.717, 1.165) is 23.7 Å². The molecule has 0 unspecified atom stereocenters. The van der Waals surface area contributed by atoms with Crippen LogP contribution in [0, 0.1) is 18.3 Å². The highest BCUT2D eigenvalue weighted by molar-refractivity contribution is 7.10. The molecule has 0 aliphatic rings. The van der Waals surface area contributed by atoms with Crippen molar-refractivity contribution in [1.29, 1.82) is 5.26 Å². The van der Waals surface area contributed by atoms with E-state index in [9.17, 15) is 19.6 Å². The Labute approximate surface area is 219 Å². The second-order valence-corrected chi connectivity index (χ2v) is 8.37. The number of hydrogen-bond donors (Lipinski definition) is 3. The van der Waals surface area contributed by atoms with Gasteiger partial charge in [-0.3, -0.25) is 15.6 Å². The molecule has 0 saturated heterocycles. The molecule has 1 heterocycles. The number of amides is 1. The van der Waals surface area contributed by atoms with Crippen LogP contribution in [0.25, 0.3) is 0 Å². The topological polar surface area (TPSA) is 146 Å². The number of nitrogens with one attached hydrogen (secondary N) is 3. The van der Waals surface area contributed by atoms with Gasteiger partial charge in [-0.2, -0.15) is 9.64 Å². The van der Waals surface area contributed by atoms with Crippen molar-refractivity contribution in [2.45, 2.75) is 26.7 Å². The third kappa shape index (κ3) is 8.97. The van der Waals surface area contributed by atoms with Crippen LogP contribution >= 0.6 is 11.5 Å². The predicted octanol–water partition coefficient (Wildman–Crippen LogP) is 3.77. The number of nitriles is 1. The highest BCUT2D eigenvalue weighted by atomic mass is 32.1. The van der Waals surface area contributed by atoms with Gasteiger partial charge in [-0.25, -0.2) is 9.59 Å². The number of esters is 2. The number of benzene rings is 1. The van der Waals surface area contributed by atoms with Crippen molar-refractivity contribution >= 4 is 51.4 Å². The molecule has 37 heavy (non-hydrogen) atoms. The van der Waals surface area contributed by atoms with Gasteiger partial charge in [0, 0.05) is 24.3 Å². The summed E-state index contributed by atoms with van der Waals surface area (Å²) in [6.07, 6.45) is 3.16. The van der Waals surface area contributed by atoms with Gasteiger partial charge in [0.1, 0.15) is 29.8 Å². The first-order valence-electron chi connectivity index (χ1n) is 11.5. The van der Waals surface area contributed by atoms with Gasteiger partial charge in [0.15, 0.2) is 0 Å². The lowest BCUT2D eigenvalue weighted by Gasteiger charge is -2.26. The van der Waals surface area contributed by atoms with E-state index in [2.05, 4.69) is 39.8 Å². The van der Waals surface area contributed by atoms with Gasteiger partial charge in [-0.05, 0) is 43.1 Å². The Morgan fingerprint density at radius 1 is 1.11 bits per heavy atom. The number of hydrogen-bond acceptors (Lipinski definition) is 11. The molecule has 3 N–H and O–H groups in total. The fourth-order valence-corrected chi connectivity index (χ4v) is 3.79. The molecule has 196 valence electrons. The summed E-state index contributed by atoms with van der Waals surface area (Å²) in [5.74, 6) is -1.27. The number of ether oxygens (including phenoxy) is 2. The largest absolute Gasteiger partial charge is 0.461 e. The second kappa shape index (κ2) is 14.9. The van der Waals surface area contributed by atoms with Crippen LogP contribution in [-0.4, -0.2) is 48.5 Å². The molecule has 1 aromatic carbocycles. The third-order valence-corrected chi connectivity index (χ3v) is 5.80. The van der Waals surface area contributed by atoms with Crippen molar-refractivity contribution in [3.05, 3.63) is 54.8 Å². The first-order valence-corrected chi connectivity index (χ1v) is 12.3. The van der Waals surface area contributed by atoms with Crippen molar-refractivity contribution < 1.29 is 23.9 Å². The first-order chi connectivity index (χ1) is 17.8. The normalized spacial score (nSPS) is 9.97. The summed E-state index contributed by atoms with van der Waals surface area (Å²) < 4.78 is 14.4. The monoisotopic (exact) mass is 526 g/mol. The highest BCUT2D eigenvalue weighted by Gasteiger charge is 2.15. The number of aromatic nitrogens is 1. The van der Waals surface area contributed by atoms with E-state index >= 15 is 0 Å². The van der Waals surface area contributed by atoms with Crippen molar-refractivity contribution in [2.24, 2.45) is 0 Å². The van der Waals surface area contributed by atoms with Crippen LogP contribution in [0.4, 0.5) is 22.1 Å². The van der Waals surface area contributed by atoms with Crippen molar-refractivity contribution in [3.63, 3.8) is 0 Å². The quantitative estimate of drug-likeness (QED) is 0.178. The minimum Gasteiger partial charge on any atom is -0.461 e. The molecular weight excluding hydrogens is 496 g/mol. The van der Waals surface area contributed by atoms with E-state index in [4.69, 9.17) is 9.47 Å². The van der Waals surface area contributed by atoms with Crippen LogP contribution in [0.3, 0.4) is 0 Å². The van der Waals surface area contributed by atoms with Crippen LogP contribution in [0.15, 0.2) is 43.5 Å². The molecule has 0 radical (unpaired) electrons. The zero-order valence-corrected chi connectivity index (χ0v) is 21.7. The Hall–Kier alpha value is -4.37. The molecule has 0 atom stereocenters. The minimum absolute atomic E-state index is 0.0704. The van der Waals surface area contributed by atoms with Gasteiger partial charge in [0.2, 0.25) is 5.91 Å². The summed E-state index contributed by atoms with van der Waals surface area (Å²) in [4.78, 5) is 37.2. The number of hydrazine groups is 1. The smallest absolute Gasteiger partial charge is 0.330 e. The maximum absolute atomic E-state index is 12.4. The fourth-order valence-electron chi connectivity index (χ4n) is 3.09. The fraction of sp³-hybridized carbons (Fsp3) is 0.320. The van der Waals surface area contributed by atoms with Gasteiger partial charge in [0.25, 0.3) is 0 Å². The maximum Gasteiger partial charge on any atom is 0.330 e.